The average Bonchev–Trinajstić information content (AvgIpc) is 3.27. The Labute approximate surface area is 231 Å². The molecule has 0 radical (unpaired) electrons. The largest absolute Gasteiger partial charge is 0.416 e. The zero-order valence-corrected chi connectivity index (χ0v) is 25.1. The van der Waals surface area contributed by atoms with Crippen LogP contribution in [0, 0.1) is 5.92 Å². The highest BCUT2D eigenvalue weighted by Gasteiger charge is 2.47. The molecule has 3 nitrogen and oxygen atoms in total. The number of hydrogen-bond donors (Lipinski definition) is 2. The molecule has 3 aromatic rings. The Hall–Kier alpha value is -2.24. The van der Waals surface area contributed by atoms with E-state index in [-0.39, 0.29) is 18.1 Å². The van der Waals surface area contributed by atoms with Crippen molar-refractivity contribution in [3.05, 3.63) is 108 Å². The summed E-state index contributed by atoms with van der Waals surface area (Å²) < 4.78 is 6.95. The molecule has 0 bridgehead atoms. The lowest BCUT2D eigenvalue weighted by atomic mass is 9.76. The molecule has 4 rings (SSSR count). The molecule has 0 amide bonds. The maximum Gasteiger partial charge on any atom is 0.200 e. The zero-order chi connectivity index (χ0) is 27.3. The van der Waals surface area contributed by atoms with Crippen LogP contribution in [0.25, 0.3) is 0 Å². The number of aliphatic hydroxyl groups is 1. The second-order valence-electron chi connectivity index (χ2n) is 12.1. The first-order valence-electron chi connectivity index (χ1n) is 14.5. The highest BCUT2D eigenvalue weighted by molar-refractivity contribution is 6.77. The van der Waals surface area contributed by atoms with Crippen LogP contribution in [0.3, 0.4) is 0 Å². The van der Waals surface area contributed by atoms with Crippen LogP contribution in [0.4, 0.5) is 0 Å². The van der Waals surface area contributed by atoms with Gasteiger partial charge in [-0.3, -0.25) is 5.32 Å². The monoisotopic (exact) mass is 529 g/mol. The molecule has 38 heavy (non-hydrogen) atoms. The minimum atomic E-state index is -1.98. The first-order chi connectivity index (χ1) is 18.2. The molecule has 3 atom stereocenters. The molecular weight excluding hydrogens is 482 g/mol. The third kappa shape index (κ3) is 5.55. The second-order valence-corrected chi connectivity index (χ2v) is 17.6. The van der Waals surface area contributed by atoms with Gasteiger partial charge in [-0.25, -0.2) is 0 Å². The van der Waals surface area contributed by atoms with Crippen molar-refractivity contribution in [2.75, 3.05) is 6.61 Å². The quantitative estimate of drug-likeness (QED) is 0.196. The molecule has 2 N–H and O–H groups in total. The van der Waals surface area contributed by atoms with Crippen LogP contribution in [0.2, 0.25) is 16.6 Å². The van der Waals surface area contributed by atoms with Crippen LogP contribution in [0.15, 0.2) is 91.0 Å². The first-order valence-corrected chi connectivity index (χ1v) is 16.6. The molecule has 3 aromatic carbocycles. The Kier molecular flexibility index (Phi) is 9.30. The number of nitrogens with one attached hydrogen (secondary N) is 1. The molecule has 1 aliphatic carbocycles. The van der Waals surface area contributed by atoms with Crippen LogP contribution < -0.4 is 5.32 Å². The Morgan fingerprint density at radius 2 is 1.11 bits per heavy atom. The summed E-state index contributed by atoms with van der Waals surface area (Å²) >= 11 is 0. The molecule has 0 aliphatic heterocycles. The van der Waals surface area contributed by atoms with Crippen LogP contribution in [0.1, 0.15) is 71.1 Å². The van der Waals surface area contributed by atoms with Gasteiger partial charge in [0.25, 0.3) is 0 Å². The Morgan fingerprint density at radius 1 is 0.711 bits per heavy atom. The highest BCUT2D eigenvalue weighted by Crippen LogP contribution is 2.44. The van der Waals surface area contributed by atoms with Gasteiger partial charge in [-0.05, 0) is 46.2 Å². The second kappa shape index (κ2) is 12.3. The number of aliphatic hydroxyl groups excluding tert-OH is 1. The summed E-state index contributed by atoms with van der Waals surface area (Å²) in [6, 6.07) is 32.4. The summed E-state index contributed by atoms with van der Waals surface area (Å²) in [6.45, 7) is 14.6. The van der Waals surface area contributed by atoms with Gasteiger partial charge in [0.05, 0.1) is 11.6 Å². The van der Waals surface area contributed by atoms with Crippen molar-refractivity contribution in [3.8, 4) is 0 Å². The van der Waals surface area contributed by atoms with Gasteiger partial charge in [0.1, 0.15) is 0 Å². The van der Waals surface area contributed by atoms with E-state index >= 15 is 0 Å². The summed E-state index contributed by atoms with van der Waals surface area (Å²) in [7, 11) is -1.98. The maximum atomic E-state index is 11.3. The number of hydrogen-bond acceptors (Lipinski definition) is 3. The van der Waals surface area contributed by atoms with Crippen LogP contribution in [0.5, 0.6) is 0 Å². The topological polar surface area (TPSA) is 41.5 Å². The summed E-state index contributed by atoms with van der Waals surface area (Å²) in [5, 5.41) is 15.4. The number of rotatable bonds is 11. The van der Waals surface area contributed by atoms with Crippen molar-refractivity contribution < 1.29 is 9.53 Å². The van der Waals surface area contributed by atoms with Crippen molar-refractivity contribution in [2.24, 2.45) is 5.92 Å². The fraction of sp³-hybridized carbons (Fsp3) is 0.471. The van der Waals surface area contributed by atoms with Gasteiger partial charge >= 0.3 is 0 Å². The first kappa shape index (κ1) is 28.8. The van der Waals surface area contributed by atoms with Gasteiger partial charge in [-0.15, -0.1) is 0 Å². The lowest BCUT2D eigenvalue weighted by Gasteiger charge is -2.43. The van der Waals surface area contributed by atoms with Crippen molar-refractivity contribution >= 4 is 8.32 Å². The number of benzene rings is 3. The highest BCUT2D eigenvalue weighted by atomic mass is 28.4. The normalized spacial score (nSPS) is 20.5. The maximum absolute atomic E-state index is 11.3. The standard InChI is InChI=1S/C34H47NO2Si/c1-25(2)38(26(3)4,27(5)6)37-24-28-22-32(23-33(28)36)35-34(29-16-10-7-11-17-29,30-18-12-8-13-19-30)31-20-14-9-15-21-31/h7-21,25-28,32-33,35-36H,22-24H2,1-6H3. The van der Waals surface area contributed by atoms with Crippen molar-refractivity contribution in [2.45, 2.75) is 88.7 Å². The minimum Gasteiger partial charge on any atom is -0.416 e. The fourth-order valence-corrected chi connectivity index (χ4v) is 12.8. The predicted octanol–water partition coefficient (Wildman–Crippen LogP) is 7.90. The molecule has 4 heteroatoms. The van der Waals surface area contributed by atoms with E-state index < -0.39 is 13.9 Å². The van der Waals surface area contributed by atoms with Crippen LogP contribution in [-0.2, 0) is 9.96 Å². The van der Waals surface area contributed by atoms with Gasteiger partial charge in [-0.1, -0.05) is 133 Å². The minimum absolute atomic E-state index is 0.135. The van der Waals surface area contributed by atoms with E-state index in [9.17, 15) is 5.11 Å². The fourth-order valence-electron chi connectivity index (χ4n) is 7.27. The van der Waals surface area contributed by atoms with Gasteiger partial charge in [0.2, 0.25) is 0 Å². The SMILES string of the molecule is CC(C)[Si](OCC1CC(NC(c2ccccc2)(c2ccccc2)c2ccccc2)CC1O)(C(C)C)C(C)C. The Bertz CT molecular complexity index is 999. The van der Waals surface area contributed by atoms with Gasteiger partial charge < -0.3 is 9.53 Å². The Balaban J connectivity index is 1.66. The summed E-state index contributed by atoms with van der Waals surface area (Å²) in [4.78, 5) is 0. The smallest absolute Gasteiger partial charge is 0.200 e. The van der Waals surface area contributed by atoms with Gasteiger partial charge in [0.15, 0.2) is 8.32 Å². The van der Waals surface area contributed by atoms with E-state index in [4.69, 9.17) is 4.43 Å². The van der Waals surface area contributed by atoms with E-state index in [1.54, 1.807) is 0 Å². The molecular formula is C34H47NO2Si. The van der Waals surface area contributed by atoms with E-state index in [0.717, 1.165) is 12.8 Å². The zero-order valence-electron chi connectivity index (χ0n) is 24.1. The van der Waals surface area contributed by atoms with E-state index in [1.807, 2.05) is 0 Å². The van der Waals surface area contributed by atoms with Crippen LogP contribution in [-0.4, -0.2) is 32.2 Å². The van der Waals surface area contributed by atoms with Crippen molar-refractivity contribution in [1.29, 1.82) is 0 Å². The van der Waals surface area contributed by atoms with Gasteiger partial charge in [0, 0.05) is 18.6 Å². The molecule has 3 unspecified atom stereocenters. The summed E-state index contributed by atoms with van der Waals surface area (Å²) in [6.07, 6.45) is 1.25. The Morgan fingerprint density at radius 3 is 1.47 bits per heavy atom. The molecule has 1 fully saturated rings. The van der Waals surface area contributed by atoms with Crippen LogP contribution >= 0.6 is 0 Å². The summed E-state index contributed by atoms with van der Waals surface area (Å²) in [5.74, 6) is 0.135. The van der Waals surface area contributed by atoms with Crippen molar-refractivity contribution in [1.82, 2.24) is 5.32 Å². The lowest BCUT2D eigenvalue weighted by Crippen LogP contribution is -2.49. The molecule has 1 saturated carbocycles. The third-order valence-corrected chi connectivity index (χ3v) is 15.0. The lowest BCUT2D eigenvalue weighted by molar-refractivity contribution is 0.0920. The molecule has 0 saturated heterocycles. The molecule has 0 spiro atoms. The molecule has 0 heterocycles. The molecule has 204 valence electrons. The van der Waals surface area contributed by atoms with E-state index in [1.165, 1.54) is 16.7 Å². The van der Waals surface area contributed by atoms with Crippen molar-refractivity contribution in [3.63, 3.8) is 0 Å². The van der Waals surface area contributed by atoms with E-state index in [0.29, 0.717) is 23.2 Å². The van der Waals surface area contributed by atoms with E-state index in [2.05, 4.69) is 138 Å². The summed E-state index contributed by atoms with van der Waals surface area (Å²) in [5.41, 5.74) is 4.72. The van der Waals surface area contributed by atoms with Gasteiger partial charge in [-0.2, -0.15) is 0 Å². The third-order valence-electron chi connectivity index (χ3n) is 8.95. The molecule has 0 aromatic heterocycles. The molecule has 1 aliphatic rings. The predicted molar refractivity (Wildman–Crippen MR) is 162 cm³/mol. The average molecular weight is 530 g/mol.